The highest BCUT2D eigenvalue weighted by atomic mass is 35.5. The van der Waals surface area contributed by atoms with Crippen LogP contribution in [0.4, 0.5) is 5.69 Å². The molecule has 0 spiro atoms. The number of ketones is 1. The number of halogens is 1. The summed E-state index contributed by atoms with van der Waals surface area (Å²) in [6.07, 6.45) is -0.774. The van der Waals surface area contributed by atoms with Gasteiger partial charge >= 0.3 is 5.69 Å². The number of methoxy groups -OCH3 is 2. The first kappa shape index (κ1) is 28.6. The number of fused-ring (bicyclic) bond motifs is 1. The van der Waals surface area contributed by atoms with Gasteiger partial charge < -0.3 is 19.9 Å². The van der Waals surface area contributed by atoms with Gasteiger partial charge in [-0.25, -0.2) is 4.79 Å². The third-order valence-corrected chi connectivity index (χ3v) is 6.69. The zero-order valence-electron chi connectivity index (χ0n) is 21.9. The van der Waals surface area contributed by atoms with Gasteiger partial charge in [-0.3, -0.25) is 23.5 Å². The molecule has 0 saturated carbocycles. The van der Waals surface area contributed by atoms with Crippen molar-refractivity contribution in [3.63, 3.8) is 0 Å². The molecule has 2 N–H and O–H groups in total. The number of aliphatic hydroxyl groups excluding tert-OH is 1. The number of carbonyl (C=O) groups excluding carboxylic acids is 2. The lowest BCUT2D eigenvalue weighted by Crippen LogP contribution is -2.43. The molecule has 0 aliphatic carbocycles. The lowest BCUT2D eigenvalue weighted by Gasteiger charge is -2.16. The van der Waals surface area contributed by atoms with E-state index in [1.165, 1.54) is 32.4 Å². The van der Waals surface area contributed by atoms with Gasteiger partial charge in [0.15, 0.2) is 5.78 Å². The Labute approximate surface area is 234 Å². The van der Waals surface area contributed by atoms with Crippen molar-refractivity contribution >= 4 is 39.9 Å². The second-order valence-corrected chi connectivity index (χ2v) is 9.42. The molecule has 3 aromatic carbocycles. The molecular formula is C29H28ClN3O7. The highest BCUT2D eigenvalue weighted by molar-refractivity contribution is 6.32. The van der Waals surface area contributed by atoms with Gasteiger partial charge in [0.1, 0.15) is 18.0 Å². The van der Waals surface area contributed by atoms with E-state index in [-0.39, 0.29) is 34.5 Å². The van der Waals surface area contributed by atoms with Crippen molar-refractivity contribution in [2.75, 3.05) is 19.5 Å². The minimum Gasteiger partial charge on any atom is -0.495 e. The second kappa shape index (κ2) is 12.6. The number of amides is 1. The Balaban J connectivity index is 1.59. The molecule has 11 heteroatoms. The summed E-state index contributed by atoms with van der Waals surface area (Å²) in [7, 11) is 2.86. The topological polar surface area (TPSA) is 129 Å². The monoisotopic (exact) mass is 565 g/mol. The number of anilines is 1. The predicted octanol–water partition coefficient (Wildman–Crippen LogP) is 3.56. The number of nitrogens with one attached hydrogen (secondary N) is 1. The van der Waals surface area contributed by atoms with Gasteiger partial charge in [0, 0.05) is 12.5 Å². The normalized spacial score (nSPS) is 11.7. The molecule has 0 aliphatic rings. The molecule has 0 unspecified atom stereocenters. The van der Waals surface area contributed by atoms with Gasteiger partial charge in [0.25, 0.3) is 5.56 Å². The Hall–Kier alpha value is -4.41. The lowest BCUT2D eigenvalue weighted by molar-refractivity contribution is -0.120. The Kier molecular flexibility index (Phi) is 9.03. The standard InChI is InChI=1S/C29H28ClN3O7/c1-39-25-15-26(40-2)22(14-21(25)30)31-27(36)17-32-23-11-7-6-10-20(23)28(37)33(29(32)38)16-19(34)12-13-24(35)18-8-4-3-5-9-18/h3-11,14-15,24,35H,12-13,16-17H2,1-2H3,(H,31,36)/t24-/m0/s1. The Morgan fingerprint density at radius 2 is 1.60 bits per heavy atom. The fourth-order valence-corrected chi connectivity index (χ4v) is 4.59. The van der Waals surface area contributed by atoms with Crippen molar-refractivity contribution < 1.29 is 24.2 Å². The minimum absolute atomic E-state index is 0.0483. The fourth-order valence-electron chi connectivity index (χ4n) is 4.35. The summed E-state index contributed by atoms with van der Waals surface area (Å²) >= 11 is 6.20. The van der Waals surface area contributed by atoms with Crippen molar-refractivity contribution in [2.24, 2.45) is 0 Å². The number of hydrogen-bond acceptors (Lipinski definition) is 7. The zero-order chi connectivity index (χ0) is 28.8. The number of ether oxygens (including phenoxy) is 2. The minimum atomic E-state index is -0.859. The largest absolute Gasteiger partial charge is 0.495 e. The number of nitrogens with zero attached hydrogens (tertiary/aromatic N) is 2. The summed E-state index contributed by atoms with van der Waals surface area (Å²) in [4.78, 5) is 52.4. The number of aliphatic hydroxyl groups is 1. The van der Waals surface area contributed by atoms with Crippen LogP contribution >= 0.6 is 11.6 Å². The van der Waals surface area contributed by atoms with Crippen molar-refractivity contribution in [1.29, 1.82) is 0 Å². The van der Waals surface area contributed by atoms with Crippen LogP contribution in [-0.2, 0) is 22.7 Å². The number of para-hydroxylation sites is 1. The van der Waals surface area contributed by atoms with E-state index in [4.69, 9.17) is 21.1 Å². The number of aromatic nitrogens is 2. The molecule has 208 valence electrons. The molecule has 1 amide bonds. The van der Waals surface area contributed by atoms with Crippen LogP contribution in [0.25, 0.3) is 10.9 Å². The maximum absolute atomic E-state index is 13.4. The molecule has 0 aliphatic heterocycles. The van der Waals surface area contributed by atoms with Crippen LogP contribution in [0.2, 0.25) is 5.02 Å². The molecule has 1 aromatic heterocycles. The van der Waals surface area contributed by atoms with E-state index in [1.54, 1.807) is 42.5 Å². The molecule has 40 heavy (non-hydrogen) atoms. The molecule has 4 rings (SSSR count). The van der Waals surface area contributed by atoms with E-state index in [9.17, 15) is 24.3 Å². The summed E-state index contributed by atoms with van der Waals surface area (Å²) in [5, 5.41) is 13.5. The van der Waals surface area contributed by atoms with E-state index in [0.29, 0.717) is 17.1 Å². The average Bonchev–Trinajstić information content (AvgIpc) is 2.96. The summed E-state index contributed by atoms with van der Waals surface area (Å²) < 4.78 is 12.4. The predicted molar refractivity (Wildman–Crippen MR) is 151 cm³/mol. The molecule has 4 aromatic rings. The summed E-state index contributed by atoms with van der Waals surface area (Å²) in [6.45, 7) is -0.944. The quantitative estimate of drug-likeness (QED) is 0.284. The van der Waals surface area contributed by atoms with Crippen LogP contribution in [0.5, 0.6) is 11.5 Å². The SMILES string of the molecule is COc1cc(OC)c(NC(=O)Cn2c(=O)n(CC(=O)CC[C@H](O)c3ccccc3)c(=O)c3ccccc32)cc1Cl. The summed E-state index contributed by atoms with van der Waals surface area (Å²) in [6, 6.07) is 18.2. The van der Waals surface area contributed by atoms with Crippen molar-refractivity contribution in [2.45, 2.75) is 32.0 Å². The average molecular weight is 566 g/mol. The highest BCUT2D eigenvalue weighted by Gasteiger charge is 2.19. The van der Waals surface area contributed by atoms with Gasteiger partial charge in [-0.15, -0.1) is 0 Å². The number of Topliss-reactive ketones (excluding diaryl/α,β-unsaturated/α-hetero) is 1. The third kappa shape index (κ3) is 6.24. The van der Waals surface area contributed by atoms with E-state index < -0.39 is 42.1 Å². The molecule has 0 bridgehead atoms. The molecule has 10 nitrogen and oxygen atoms in total. The summed E-state index contributed by atoms with van der Waals surface area (Å²) in [5.74, 6) is -0.348. The fraction of sp³-hybridized carbons (Fsp3) is 0.241. The van der Waals surface area contributed by atoms with Crippen LogP contribution in [0.3, 0.4) is 0 Å². The van der Waals surface area contributed by atoms with Gasteiger partial charge in [-0.1, -0.05) is 54.1 Å². The Bertz CT molecular complexity index is 1660. The van der Waals surface area contributed by atoms with E-state index in [0.717, 1.165) is 9.13 Å². The number of rotatable bonds is 11. The maximum Gasteiger partial charge on any atom is 0.332 e. The molecular weight excluding hydrogens is 538 g/mol. The van der Waals surface area contributed by atoms with E-state index >= 15 is 0 Å². The van der Waals surface area contributed by atoms with Crippen LogP contribution in [0.15, 0.2) is 76.3 Å². The van der Waals surface area contributed by atoms with Crippen molar-refractivity contribution in [1.82, 2.24) is 9.13 Å². The van der Waals surface area contributed by atoms with Gasteiger partial charge in [0.2, 0.25) is 5.91 Å². The van der Waals surface area contributed by atoms with Crippen LogP contribution in [0, 0.1) is 0 Å². The Morgan fingerprint density at radius 3 is 2.30 bits per heavy atom. The number of carbonyl (C=O) groups is 2. The molecule has 1 atom stereocenters. The lowest BCUT2D eigenvalue weighted by atomic mass is 10.0. The molecule has 0 radical (unpaired) electrons. The van der Waals surface area contributed by atoms with E-state index in [1.807, 2.05) is 6.07 Å². The first-order valence-electron chi connectivity index (χ1n) is 12.4. The molecule has 1 heterocycles. The smallest absolute Gasteiger partial charge is 0.332 e. The maximum atomic E-state index is 13.4. The number of hydrogen-bond donors (Lipinski definition) is 2. The first-order chi connectivity index (χ1) is 19.2. The highest BCUT2D eigenvalue weighted by Crippen LogP contribution is 2.35. The third-order valence-electron chi connectivity index (χ3n) is 6.40. The number of benzene rings is 3. The Morgan fingerprint density at radius 1 is 0.925 bits per heavy atom. The zero-order valence-corrected chi connectivity index (χ0v) is 22.7. The van der Waals surface area contributed by atoms with Gasteiger partial charge in [-0.2, -0.15) is 0 Å². The first-order valence-corrected chi connectivity index (χ1v) is 12.8. The molecule has 0 fully saturated rings. The van der Waals surface area contributed by atoms with Crippen LogP contribution in [0.1, 0.15) is 24.5 Å². The van der Waals surface area contributed by atoms with Gasteiger partial charge in [-0.05, 0) is 30.2 Å². The van der Waals surface area contributed by atoms with Crippen molar-refractivity contribution in [3.05, 3.63) is 98.2 Å². The van der Waals surface area contributed by atoms with Gasteiger partial charge in [0.05, 0.1) is 48.5 Å². The molecule has 0 saturated heterocycles. The van der Waals surface area contributed by atoms with E-state index in [2.05, 4.69) is 5.32 Å². The van der Waals surface area contributed by atoms with Crippen LogP contribution < -0.4 is 26.0 Å². The second-order valence-electron chi connectivity index (χ2n) is 9.02. The summed E-state index contributed by atoms with van der Waals surface area (Å²) in [5.41, 5.74) is -0.276. The van der Waals surface area contributed by atoms with Crippen LogP contribution in [-0.4, -0.2) is 40.2 Å². The van der Waals surface area contributed by atoms with Crippen molar-refractivity contribution in [3.8, 4) is 11.5 Å².